The predicted molar refractivity (Wildman–Crippen MR) is 38.4 cm³/mol. The molecule has 0 aromatic rings. The molecule has 0 fully saturated rings. The second kappa shape index (κ2) is 3.10. The molecule has 8 heavy (non-hydrogen) atoms. The van der Waals surface area contributed by atoms with E-state index in [0.29, 0.717) is 5.50 Å². The van der Waals surface area contributed by atoms with E-state index in [1.54, 1.807) is 11.8 Å². The van der Waals surface area contributed by atoms with Crippen LogP contribution in [0.1, 0.15) is 6.42 Å². The smallest absolute Gasteiger partial charge is 0.146 e. The van der Waals surface area contributed by atoms with Crippen LogP contribution < -0.4 is 5.32 Å². The molecule has 0 aromatic carbocycles. The average Bonchev–Trinajstić information content (AvgIpc) is 1.90. The van der Waals surface area contributed by atoms with Gasteiger partial charge in [-0.15, -0.1) is 11.8 Å². The third kappa shape index (κ3) is 1.49. The minimum atomic E-state index is 0.323. The SMILES string of the molecule is CSC1N=CCCN1. The molecule has 0 saturated carbocycles. The van der Waals surface area contributed by atoms with Gasteiger partial charge in [-0.1, -0.05) is 0 Å². The van der Waals surface area contributed by atoms with E-state index in [4.69, 9.17) is 0 Å². The molecule has 0 bridgehead atoms. The van der Waals surface area contributed by atoms with Gasteiger partial charge in [-0.05, 0) is 12.7 Å². The summed E-state index contributed by atoms with van der Waals surface area (Å²) in [6.07, 6.45) is 5.12. The summed E-state index contributed by atoms with van der Waals surface area (Å²) in [6, 6.07) is 0. The lowest BCUT2D eigenvalue weighted by Crippen LogP contribution is -2.28. The van der Waals surface area contributed by atoms with Crippen molar-refractivity contribution in [2.45, 2.75) is 11.9 Å². The number of hydrogen-bond acceptors (Lipinski definition) is 3. The first kappa shape index (κ1) is 6.11. The van der Waals surface area contributed by atoms with E-state index in [1.165, 1.54) is 0 Å². The van der Waals surface area contributed by atoms with Crippen LogP contribution in [0.5, 0.6) is 0 Å². The molecule has 1 unspecified atom stereocenters. The van der Waals surface area contributed by atoms with Crippen LogP contribution in [0.4, 0.5) is 0 Å². The molecular formula is C5H10N2S. The molecular weight excluding hydrogens is 120 g/mol. The summed E-state index contributed by atoms with van der Waals surface area (Å²) in [7, 11) is 0. The maximum atomic E-state index is 4.17. The monoisotopic (exact) mass is 130 g/mol. The lowest BCUT2D eigenvalue weighted by atomic mass is 10.4. The van der Waals surface area contributed by atoms with Gasteiger partial charge in [-0.25, -0.2) is 0 Å². The molecule has 1 heterocycles. The van der Waals surface area contributed by atoms with Crippen LogP contribution in [0, 0.1) is 0 Å². The van der Waals surface area contributed by atoms with E-state index in [9.17, 15) is 0 Å². The Bertz CT molecular complexity index is 92.4. The van der Waals surface area contributed by atoms with E-state index in [1.807, 2.05) is 6.21 Å². The van der Waals surface area contributed by atoms with Crippen LogP contribution in [-0.4, -0.2) is 24.5 Å². The minimum absolute atomic E-state index is 0.323. The van der Waals surface area contributed by atoms with Gasteiger partial charge in [0.1, 0.15) is 5.50 Å². The zero-order chi connectivity index (χ0) is 5.82. The van der Waals surface area contributed by atoms with Crippen LogP contribution in [0.3, 0.4) is 0 Å². The van der Waals surface area contributed by atoms with Gasteiger partial charge < -0.3 is 0 Å². The van der Waals surface area contributed by atoms with Crippen molar-refractivity contribution < 1.29 is 0 Å². The summed E-state index contributed by atoms with van der Waals surface area (Å²) in [6.45, 7) is 1.08. The molecule has 0 spiro atoms. The first-order valence-electron chi connectivity index (χ1n) is 2.71. The first-order chi connectivity index (χ1) is 3.93. The van der Waals surface area contributed by atoms with Gasteiger partial charge in [0, 0.05) is 12.8 Å². The van der Waals surface area contributed by atoms with E-state index in [-0.39, 0.29) is 0 Å². The molecule has 0 amide bonds. The third-order valence-electron chi connectivity index (χ3n) is 1.06. The summed E-state index contributed by atoms with van der Waals surface area (Å²) in [5, 5.41) is 3.23. The summed E-state index contributed by atoms with van der Waals surface area (Å²) in [5.74, 6) is 0. The summed E-state index contributed by atoms with van der Waals surface area (Å²) >= 11 is 1.74. The zero-order valence-electron chi connectivity index (χ0n) is 4.92. The average molecular weight is 130 g/mol. The molecule has 0 radical (unpaired) electrons. The van der Waals surface area contributed by atoms with Crippen molar-refractivity contribution in [2.24, 2.45) is 4.99 Å². The fraction of sp³-hybridized carbons (Fsp3) is 0.800. The number of aliphatic imine (C=N–C) groups is 1. The molecule has 1 N–H and O–H groups in total. The Morgan fingerprint density at radius 1 is 1.88 bits per heavy atom. The van der Waals surface area contributed by atoms with Crippen molar-refractivity contribution in [3.63, 3.8) is 0 Å². The Hall–Kier alpha value is -0.0200. The van der Waals surface area contributed by atoms with Crippen molar-refractivity contribution >= 4 is 18.0 Å². The molecule has 2 nitrogen and oxygen atoms in total. The molecule has 0 aromatic heterocycles. The van der Waals surface area contributed by atoms with Crippen LogP contribution in [0.25, 0.3) is 0 Å². The van der Waals surface area contributed by atoms with Gasteiger partial charge >= 0.3 is 0 Å². The lowest BCUT2D eigenvalue weighted by Gasteiger charge is -2.14. The maximum Gasteiger partial charge on any atom is 0.146 e. The predicted octanol–water partition coefficient (Wildman–Crippen LogP) is 0.697. The van der Waals surface area contributed by atoms with E-state index >= 15 is 0 Å². The van der Waals surface area contributed by atoms with Crippen LogP contribution in [-0.2, 0) is 0 Å². The van der Waals surface area contributed by atoms with Gasteiger partial charge in [0.15, 0.2) is 0 Å². The Kier molecular flexibility index (Phi) is 2.36. The molecule has 0 aliphatic carbocycles. The van der Waals surface area contributed by atoms with Crippen LogP contribution in [0.15, 0.2) is 4.99 Å². The van der Waals surface area contributed by atoms with Crippen molar-refractivity contribution in [2.75, 3.05) is 12.8 Å². The highest BCUT2D eigenvalue weighted by Crippen LogP contribution is 2.05. The van der Waals surface area contributed by atoms with Crippen molar-refractivity contribution in [1.82, 2.24) is 5.32 Å². The van der Waals surface area contributed by atoms with Gasteiger partial charge in [-0.2, -0.15) is 0 Å². The molecule has 0 saturated heterocycles. The summed E-state index contributed by atoms with van der Waals surface area (Å²) < 4.78 is 0. The highest BCUT2D eigenvalue weighted by Gasteiger charge is 2.03. The van der Waals surface area contributed by atoms with Crippen molar-refractivity contribution in [3.8, 4) is 0 Å². The highest BCUT2D eigenvalue weighted by atomic mass is 32.2. The number of rotatable bonds is 1. The van der Waals surface area contributed by atoms with Gasteiger partial charge in [0.25, 0.3) is 0 Å². The quantitative estimate of drug-likeness (QED) is 0.565. The van der Waals surface area contributed by atoms with Gasteiger partial charge in [0.05, 0.1) is 0 Å². The van der Waals surface area contributed by atoms with E-state index in [2.05, 4.69) is 16.6 Å². The molecule has 1 aliphatic heterocycles. The second-order valence-corrected chi connectivity index (χ2v) is 2.58. The molecule has 1 rings (SSSR count). The number of nitrogens with zero attached hydrogens (tertiary/aromatic N) is 1. The van der Waals surface area contributed by atoms with Gasteiger partial charge in [-0.3, -0.25) is 10.3 Å². The maximum absolute atomic E-state index is 4.17. The third-order valence-corrected chi connectivity index (χ3v) is 1.79. The van der Waals surface area contributed by atoms with E-state index < -0.39 is 0 Å². The topological polar surface area (TPSA) is 24.4 Å². The standard InChI is InChI=1S/C5H10N2S/c1-8-5-6-3-2-4-7-5/h3,5,7H,2,4H2,1H3. The van der Waals surface area contributed by atoms with Crippen LogP contribution in [0.2, 0.25) is 0 Å². The highest BCUT2D eigenvalue weighted by molar-refractivity contribution is 7.99. The summed E-state index contributed by atoms with van der Waals surface area (Å²) in [4.78, 5) is 4.17. The normalized spacial score (nSPS) is 28.4. The second-order valence-electron chi connectivity index (χ2n) is 1.66. The largest absolute Gasteiger partial charge is 0.287 e. The minimum Gasteiger partial charge on any atom is -0.287 e. The summed E-state index contributed by atoms with van der Waals surface area (Å²) in [5.41, 5.74) is 0.323. The Balaban J connectivity index is 2.32. The fourth-order valence-corrected chi connectivity index (χ4v) is 1.13. The lowest BCUT2D eigenvalue weighted by molar-refractivity contribution is 0.660. The molecule has 1 atom stereocenters. The Labute approximate surface area is 53.8 Å². The van der Waals surface area contributed by atoms with Crippen LogP contribution >= 0.6 is 11.8 Å². The van der Waals surface area contributed by atoms with Gasteiger partial charge in [0.2, 0.25) is 0 Å². The Morgan fingerprint density at radius 2 is 2.75 bits per heavy atom. The van der Waals surface area contributed by atoms with Crippen molar-refractivity contribution in [3.05, 3.63) is 0 Å². The van der Waals surface area contributed by atoms with E-state index in [0.717, 1.165) is 13.0 Å². The van der Waals surface area contributed by atoms with Crippen molar-refractivity contribution in [1.29, 1.82) is 0 Å². The molecule has 1 aliphatic rings. The molecule has 3 heteroatoms. The fourth-order valence-electron chi connectivity index (χ4n) is 0.639. The number of nitrogens with one attached hydrogen (secondary N) is 1. The first-order valence-corrected chi connectivity index (χ1v) is 4.00. The zero-order valence-corrected chi connectivity index (χ0v) is 5.74. The number of hydrogen-bond donors (Lipinski definition) is 1. The molecule has 46 valence electrons. The number of thioether (sulfide) groups is 1. The Morgan fingerprint density at radius 3 is 3.12 bits per heavy atom.